The number of aromatic nitrogens is 2. The monoisotopic (exact) mass is 389 g/mol. The maximum absolute atomic E-state index is 11.9. The molecule has 0 spiro atoms. The molecule has 1 fully saturated rings. The van der Waals surface area contributed by atoms with Gasteiger partial charge in [-0.1, -0.05) is 25.0 Å². The van der Waals surface area contributed by atoms with E-state index in [1.165, 1.54) is 12.3 Å². The van der Waals surface area contributed by atoms with Crippen LogP contribution in [0.4, 0.5) is 0 Å². The summed E-state index contributed by atoms with van der Waals surface area (Å²) in [5.74, 6) is 0.823. The Morgan fingerprint density at radius 3 is 2.74 bits per heavy atom. The molecule has 7 nitrogen and oxygen atoms in total. The molecule has 4 N–H and O–H groups in total. The Bertz CT molecular complexity index is 1010. The lowest BCUT2D eigenvalue weighted by atomic mass is 9.80. The highest BCUT2D eigenvalue weighted by molar-refractivity contribution is 7.60. The number of imidazole rings is 1. The Balaban J connectivity index is 1.91. The van der Waals surface area contributed by atoms with E-state index in [4.69, 9.17) is 10.2 Å². The van der Waals surface area contributed by atoms with Crippen LogP contribution in [0.2, 0.25) is 0 Å². The molecule has 1 saturated carbocycles. The summed E-state index contributed by atoms with van der Waals surface area (Å²) in [7, 11) is -4.48. The number of nitrogens with two attached hydrogens (primary N) is 1. The van der Waals surface area contributed by atoms with Crippen LogP contribution in [-0.2, 0) is 4.57 Å². The normalized spacial score (nSPS) is 22.2. The van der Waals surface area contributed by atoms with Gasteiger partial charge in [-0.3, -0.25) is 4.57 Å². The lowest BCUT2D eigenvalue weighted by Crippen LogP contribution is -2.38. The third-order valence-electron chi connectivity index (χ3n) is 5.66. The molecule has 144 valence electrons. The molecular weight excluding hydrogens is 365 g/mol. The number of nitrogens with zero attached hydrogens (tertiary/aromatic N) is 2. The van der Waals surface area contributed by atoms with E-state index in [-0.39, 0.29) is 29.1 Å². The van der Waals surface area contributed by atoms with Gasteiger partial charge in [-0.25, -0.2) is 4.98 Å². The number of furan rings is 1. The van der Waals surface area contributed by atoms with Crippen molar-refractivity contribution in [3.63, 3.8) is 0 Å². The standard InChI is InChI=1S/C19H24N3O4P/c1-12(13-6-2-3-7-14(13)20)22-16-9-5-4-8-15(16)21-19(22)18-17(10-11-26-18)27(23,24)25/h4-5,8-14H,2-3,6-7,20H2,1H3,(H2,23,24,25). The largest absolute Gasteiger partial charge is 0.460 e. The van der Waals surface area contributed by atoms with Gasteiger partial charge in [0.15, 0.2) is 11.6 Å². The fraction of sp³-hybridized carbons (Fsp3) is 0.421. The summed E-state index contributed by atoms with van der Waals surface area (Å²) in [6.07, 6.45) is 5.59. The van der Waals surface area contributed by atoms with E-state index in [1.54, 1.807) is 0 Å². The molecule has 1 aliphatic carbocycles. The minimum Gasteiger partial charge on any atom is -0.460 e. The van der Waals surface area contributed by atoms with Crippen LogP contribution in [0.15, 0.2) is 41.0 Å². The summed E-state index contributed by atoms with van der Waals surface area (Å²) in [6, 6.07) is 9.13. The molecule has 0 aliphatic heterocycles. The van der Waals surface area contributed by atoms with E-state index in [0.29, 0.717) is 5.82 Å². The fourth-order valence-corrected chi connectivity index (χ4v) is 4.97. The predicted molar refractivity (Wildman–Crippen MR) is 104 cm³/mol. The van der Waals surface area contributed by atoms with Crippen LogP contribution in [0, 0.1) is 5.92 Å². The minimum absolute atomic E-state index is 0.0254. The Labute approximate surface area is 157 Å². The molecule has 4 rings (SSSR count). The van der Waals surface area contributed by atoms with Gasteiger partial charge in [0.05, 0.1) is 17.3 Å². The number of hydrogen-bond donors (Lipinski definition) is 3. The van der Waals surface area contributed by atoms with E-state index in [2.05, 4.69) is 11.9 Å². The van der Waals surface area contributed by atoms with Gasteiger partial charge in [-0.15, -0.1) is 0 Å². The van der Waals surface area contributed by atoms with Crippen molar-refractivity contribution >= 4 is 23.9 Å². The van der Waals surface area contributed by atoms with Crippen molar-refractivity contribution in [2.45, 2.75) is 44.7 Å². The Morgan fingerprint density at radius 2 is 2.00 bits per heavy atom. The van der Waals surface area contributed by atoms with Crippen LogP contribution in [0.3, 0.4) is 0 Å². The summed E-state index contributed by atoms with van der Waals surface area (Å²) >= 11 is 0. The van der Waals surface area contributed by atoms with E-state index in [9.17, 15) is 14.4 Å². The lowest BCUT2D eigenvalue weighted by Gasteiger charge is -2.34. The molecule has 3 unspecified atom stereocenters. The molecule has 0 radical (unpaired) electrons. The summed E-state index contributed by atoms with van der Waals surface area (Å²) in [4.78, 5) is 24.1. The van der Waals surface area contributed by atoms with Crippen molar-refractivity contribution in [2.75, 3.05) is 0 Å². The number of fused-ring (bicyclic) bond motifs is 1. The van der Waals surface area contributed by atoms with Crippen molar-refractivity contribution in [3.05, 3.63) is 36.6 Å². The Morgan fingerprint density at radius 1 is 1.26 bits per heavy atom. The third-order valence-corrected chi connectivity index (χ3v) is 6.64. The van der Waals surface area contributed by atoms with E-state index in [0.717, 1.165) is 36.7 Å². The van der Waals surface area contributed by atoms with Gasteiger partial charge in [-0.05, 0) is 43.9 Å². The maximum Gasteiger partial charge on any atom is 0.360 e. The van der Waals surface area contributed by atoms with E-state index in [1.807, 2.05) is 28.8 Å². The number of para-hydroxylation sites is 2. The van der Waals surface area contributed by atoms with Crippen LogP contribution in [0.25, 0.3) is 22.6 Å². The average molecular weight is 389 g/mol. The first-order valence-electron chi connectivity index (χ1n) is 9.24. The molecule has 1 aromatic carbocycles. The average Bonchev–Trinajstić information content (AvgIpc) is 3.25. The second kappa shape index (κ2) is 6.91. The van der Waals surface area contributed by atoms with Gasteiger partial charge in [0.25, 0.3) is 0 Å². The smallest absolute Gasteiger partial charge is 0.360 e. The van der Waals surface area contributed by atoms with Gasteiger partial charge in [0.1, 0.15) is 5.30 Å². The van der Waals surface area contributed by atoms with Gasteiger partial charge < -0.3 is 24.5 Å². The van der Waals surface area contributed by atoms with Gasteiger partial charge in [0.2, 0.25) is 0 Å². The van der Waals surface area contributed by atoms with Gasteiger partial charge in [0, 0.05) is 12.1 Å². The molecule has 8 heteroatoms. The number of hydrogen-bond acceptors (Lipinski definition) is 4. The molecule has 3 aromatic rings. The Kier molecular flexibility index (Phi) is 4.72. The van der Waals surface area contributed by atoms with Crippen LogP contribution >= 0.6 is 7.60 Å². The van der Waals surface area contributed by atoms with Crippen molar-refractivity contribution in [3.8, 4) is 11.6 Å². The van der Waals surface area contributed by atoms with Crippen molar-refractivity contribution in [2.24, 2.45) is 11.7 Å². The fourth-order valence-electron chi connectivity index (χ4n) is 4.29. The first-order chi connectivity index (χ1) is 12.9. The lowest BCUT2D eigenvalue weighted by molar-refractivity contribution is 0.232. The zero-order valence-corrected chi connectivity index (χ0v) is 16.0. The summed E-state index contributed by atoms with van der Waals surface area (Å²) in [5, 5.41) is -0.140. The number of benzene rings is 1. The SMILES string of the molecule is CC(C1CCCCC1N)n1c(-c2occc2P(=O)(O)O)nc2ccccc21. The predicted octanol–water partition coefficient (Wildman–Crippen LogP) is 3.18. The van der Waals surface area contributed by atoms with Crippen LogP contribution < -0.4 is 11.0 Å². The van der Waals surface area contributed by atoms with Gasteiger partial charge >= 0.3 is 7.60 Å². The highest BCUT2D eigenvalue weighted by Gasteiger charge is 2.33. The number of rotatable bonds is 4. The highest BCUT2D eigenvalue weighted by atomic mass is 31.2. The first kappa shape index (κ1) is 18.4. The summed E-state index contributed by atoms with van der Waals surface area (Å²) in [6.45, 7) is 2.10. The van der Waals surface area contributed by atoms with Crippen molar-refractivity contribution in [1.82, 2.24) is 9.55 Å². The summed E-state index contributed by atoms with van der Waals surface area (Å²) < 4.78 is 19.5. The minimum atomic E-state index is -4.48. The van der Waals surface area contributed by atoms with Gasteiger partial charge in [-0.2, -0.15) is 0 Å². The molecule has 2 aromatic heterocycles. The maximum atomic E-state index is 11.9. The molecule has 27 heavy (non-hydrogen) atoms. The molecular formula is C19H24N3O4P. The zero-order valence-electron chi connectivity index (χ0n) is 15.2. The molecule has 3 atom stereocenters. The van der Waals surface area contributed by atoms with E-state index < -0.39 is 7.60 Å². The second-order valence-corrected chi connectivity index (χ2v) is 8.90. The topological polar surface area (TPSA) is 115 Å². The molecule has 0 saturated heterocycles. The molecule has 1 aliphatic rings. The Hall–Kier alpha value is -1.92. The van der Waals surface area contributed by atoms with Crippen LogP contribution in [0.5, 0.6) is 0 Å². The van der Waals surface area contributed by atoms with Crippen molar-refractivity contribution < 1.29 is 18.8 Å². The van der Waals surface area contributed by atoms with Crippen molar-refractivity contribution in [1.29, 1.82) is 0 Å². The summed E-state index contributed by atoms with van der Waals surface area (Å²) in [5.41, 5.74) is 8.09. The third kappa shape index (κ3) is 3.25. The van der Waals surface area contributed by atoms with Crippen LogP contribution in [-0.4, -0.2) is 25.4 Å². The second-order valence-electron chi connectivity index (χ2n) is 7.33. The van der Waals surface area contributed by atoms with Crippen LogP contribution in [0.1, 0.15) is 38.6 Å². The molecule has 2 heterocycles. The molecule has 0 bridgehead atoms. The first-order valence-corrected chi connectivity index (χ1v) is 10.9. The molecule has 0 amide bonds. The van der Waals surface area contributed by atoms with E-state index >= 15 is 0 Å². The highest BCUT2D eigenvalue weighted by Crippen LogP contribution is 2.41. The quantitative estimate of drug-likeness (QED) is 0.591. The zero-order chi connectivity index (χ0) is 19.2.